The molecule has 1 fully saturated rings. The fraction of sp³-hybridized carbons (Fsp3) is 0.571. The standard InChI is InChI=1S/C14H19NO3/c1-14(6-7-15-8-10-16-11-9-15)17-12-4-2-3-5-13(12)18-14/h2-5H,6-11H2,1H3. The molecule has 0 saturated carbocycles. The van der Waals surface area contributed by atoms with E-state index < -0.39 is 5.79 Å². The number of hydrogen-bond donors (Lipinski definition) is 0. The largest absolute Gasteiger partial charge is 0.449 e. The molecule has 4 nitrogen and oxygen atoms in total. The number of hydrogen-bond acceptors (Lipinski definition) is 4. The highest BCUT2D eigenvalue weighted by molar-refractivity contribution is 5.42. The number of nitrogens with zero attached hydrogens (tertiary/aromatic N) is 1. The molecular weight excluding hydrogens is 230 g/mol. The maximum absolute atomic E-state index is 5.91. The molecule has 0 bridgehead atoms. The summed E-state index contributed by atoms with van der Waals surface area (Å²) in [4.78, 5) is 2.39. The minimum atomic E-state index is -0.526. The van der Waals surface area contributed by atoms with Crippen LogP contribution in [0.4, 0.5) is 0 Å². The molecule has 0 unspecified atom stereocenters. The Kier molecular flexibility index (Phi) is 3.14. The molecule has 0 radical (unpaired) electrons. The third-order valence-electron chi connectivity index (χ3n) is 3.49. The van der Waals surface area contributed by atoms with Crippen LogP contribution in [0.5, 0.6) is 11.5 Å². The Hall–Kier alpha value is -1.26. The van der Waals surface area contributed by atoms with Crippen LogP contribution in [0.3, 0.4) is 0 Å². The molecule has 18 heavy (non-hydrogen) atoms. The molecule has 0 atom stereocenters. The monoisotopic (exact) mass is 249 g/mol. The SMILES string of the molecule is CC1(CCN2CCOCC2)Oc2ccccc2O1. The van der Waals surface area contributed by atoms with Gasteiger partial charge in [-0.05, 0) is 12.1 Å². The lowest BCUT2D eigenvalue weighted by atomic mass is 10.2. The van der Waals surface area contributed by atoms with Crippen molar-refractivity contribution in [2.75, 3.05) is 32.8 Å². The molecule has 1 aromatic carbocycles. The Bertz CT molecular complexity index is 390. The van der Waals surface area contributed by atoms with E-state index in [-0.39, 0.29) is 0 Å². The number of rotatable bonds is 3. The van der Waals surface area contributed by atoms with Crippen LogP contribution in [0.2, 0.25) is 0 Å². The van der Waals surface area contributed by atoms with Crippen LogP contribution >= 0.6 is 0 Å². The van der Waals surface area contributed by atoms with Gasteiger partial charge < -0.3 is 14.2 Å². The van der Waals surface area contributed by atoms with Crippen molar-refractivity contribution in [2.24, 2.45) is 0 Å². The molecule has 0 amide bonds. The highest BCUT2D eigenvalue weighted by Gasteiger charge is 2.36. The fourth-order valence-electron chi connectivity index (χ4n) is 2.39. The maximum atomic E-state index is 5.91. The molecule has 2 aliphatic heterocycles. The summed E-state index contributed by atoms with van der Waals surface area (Å²) in [5, 5.41) is 0. The molecule has 0 N–H and O–H groups in total. The normalized spacial score (nSPS) is 22.1. The number of morpholine rings is 1. The van der Waals surface area contributed by atoms with Crippen LogP contribution in [0, 0.1) is 0 Å². The van der Waals surface area contributed by atoms with Gasteiger partial charge in [0.1, 0.15) is 0 Å². The third-order valence-corrected chi connectivity index (χ3v) is 3.49. The van der Waals surface area contributed by atoms with Gasteiger partial charge in [0.05, 0.1) is 13.2 Å². The Balaban J connectivity index is 1.57. The van der Waals surface area contributed by atoms with Crippen molar-refractivity contribution in [1.82, 2.24) is 4.90 Å². The molecule has 0 aliphatic carbocycles. The number of ether oxygens (including phenoxy) is 3. The average Bonchev–Trinajstić information content (AvgIpc) is 2.74. The lowest BCUT2D eigenvalue weighted by molar-refractivity contribution is -0.0776. The van der Waals surface area contributed by atoms with Crippen molar-refractivity contribution >= 4 is 0 Å². The Labute approximate surface area is 107 Å². The van der Waals surface area contributed by atoms with Gasteiger partial charge in [-0.1, -0.05) is 12.1 Å². The second kappa shape index (κ2) is 4.78. The van der Waals surface area contributed by atoms with E-state index in [9.17, 15) is 0 Å². The molecule has 4 heteroatoms. The molecule has 0 spiro atoms. The maximum Gasteiger partial charge on any atom is 0.250 e. The van der Waals surface area contributed by atoms with Gasteiger partial charge in [0.2, 0.25) is 5.79 Å². The molecule has 3 rings (SSSR count). The summed E-state index contributed by atoms with van der Waals surface area (Å²) in [6.45, 7) is 6.66. The van der Waals surface area contributed by atoms with Crippen LogP contribution in [-0.4, -0.2) is 43.5 Å². The second-order valence-corrected chi connectivity index (χ2v) is 4.99. The topological polar surface area (TPSA) is 30.9 Å². The average molecular weight is 249 g/mol. The zero-order valence-corrected chi connectivity index (χ0v) is 10.7. The second-order valence-electron chi connectivity index (χ2n) is 4.99. The summed E-state index contributed by atoms with van der Waals surface area (Å²) < 4.78 is 17.2. The molecule has 1 saturated heterocycles. The van der Waals surface area contributed by atoms with Crippen molar-refractivity contribution in [3.8, 4) is 11.5 Å². The van der Waals surface area contributed by atoms with E-state index in [1.807, 2.05) is 31.2 Å². The third kappa shape index (κ3) is 2.44. The van der Waals surface area contributed by atoms with E-state index in [1.165, 1.54) is 0 Å². The van der Waals surface area contributed by atoms with Crippen LogP contribution < -0.4 is 9.47 Å². The van der Waals surface area contributed by atoms with Crippen molar-refractivity contribution in [1.29, 1.82) is 0 Å². The van der Waals surface area contributed by atoms with E-state index in [4.69, 9.17) is 14.2 Å². The smallest absolute Gasteiger partial charge is 0.250 e. The summed E-state index contributed by atoms with van der Waals surface area (Å²) >= 11 is 0. The highest BCUT2D eigenvalue weighted by Crippen LogP contribution is 2.40. The highest BCUT2D eigenvalue weighted by atomic mass is 16.7. The Morgan fingerprint density at radius 2 is 1.72 bits per heavy atom. The van der Waals surface area contributed by atoms with Gasteiger partial charge in [0, 0.05) is 33.0 Å². The fourth-order valence-corrected chi connectivity index (χ4v) is 2.39. The zero-order valence-electron chi connectivity index (χ0n) is 10.7. The van der Waals surface area contributed by atoms with Gasteiger partial charge >= 0.3 is 0 Å². The minimum absolute atomic E-state index is 0.526. The van der Waals surface area contributed by atoms with Crippen molar-refractivity contribution in [3.05, 3.63) is 24.3 Å². The summed E-state index contributed by atoms with van der Waals surface area (Å²) in [5.41, 5.74) is 0. The first kappa shape index (κ1) is 11.8. The van der Waals surface area contributed by atoms with E-state index in [0.717, 1.165) is 50.8 Å². The molecule has 98 valence electrons. The first-order valence-corrected chi connectivity index (χ1v) is 6.52. The van der Waals surface area contributed by atoms with Crippen molar-refractivity contribution in [3.63, 3.8) is 0 Å². The predicted molar refractivity (Wildman–Crippen MR) is 68.0 cm³/mol. The summed E-state index contributed by atoms with van der Waals surface area (Å²) in [6.07, 6.45) is 0.863. The zero-order chi connectivity index (χ0) is 12.4. The Morgan fingerprint density at radius 1 is 1.11 bits per heavy atom. The van der Waals surface area contributed by atoms with E-state index in [2.05, 4.69) is 4.90 Å². The first-order valence-electron chi connectivity index (χ1n) is 6.52. The quantitative estimate of drug-likeness (QED) is 0.818. The molecular formula is C14H19NO3. The van der Waals surface area contributed by atoms with Gasteiger partial charge in [-0.15, -0.1) is 0 Å². The number of fused-ring (bicyclic) bond motifs is 1. The van der Waals surface area contributed by atoms with Crippen molar-refractivity contribution in [2.45, 2.75) is 19.1 Å². The number of para-hydroxylation sites is 2. The Morgan fingerprint density at radius 3 is 2.33 bits per heavy atom. The molecule has 1 aromatic rings. The lowest BCUT2D eigenvalue weighted by Crippen LogP contribution is -2.43. The van der Waals surface area contributed by atoms with E-state index in [0.29, 0.717) is 0 Å². The number of benzene rings is 1. The van der Waals surface area contributed by atoms with Gasteiger partial charge in [0.25, 0.3) is 0 Å². The summed E-state index contributed by atoms with van der Waals surface area (Å²) in [5.74, 6) is 1.17. The van der Waals surface area contributed by atoms with E-state index >= 15 is 0 Å². The van der Waals surface area contributed by atoms with Gasteiger partial charge in [-0.2, -0.15) is 0 Å². The molecule has 2 heterocycles. The van der Waals surface area contributed by atoms with Gasteiger partial charge in [0.15, 0.2) is 11.5 Å². The summed E-state index contributed by atoms with van der Waals surface area (Å²) in [6, 6.07) is 7.84. The van der Waals surface area contributed by atoms with Crippen LogP contribution in [0.15, 0.2) is 24.3 Å². The van der Waals surface area contributed by atoms with E-state index in [1.54, 1.807) is 0 Å². The first-order chi connectivity index (χ1) is 8.75. The summed E-state index contributed by atoms with van der Waals surface area (Å²) in [7, 11) is 0. The molecule has 0 aromatic heterocycles. The van der Waals surface area contributed by atoms with Crippen LogP contribution in [-0.2, 0) is 4.74 Å². The predicted octanol–water partition coefficient (Wildman–Crippen LogP) is 1.90. The lowest BCUT2D eigenvalue weighted by Gasteiger charge is -2.30. The van der Waals surface area contributed by atoms with Crippen LogP contribution in [0.1, 0.15) is 13.3 Å². The van der Waals surface area contributed by atoms with Crippen molar-refractivity contribution < 1.29 is 14.2 Å². The molecule has 2 aliphatic rings. The minimum Gasteiger partial charge on any atom is -0.449 e. The van der Waals surface area contributed by atoms with Crippen LogP contribution in [0.25, 0.3) is 0 Å². The van der Waals surface area contributed by atoms with Gasteiger partial charge in [-0.25, -0.2) is 0 Å². The van der Waals surface area contributed by atoms with Gasteiger partial charge in [-0.3, -0.25) is 4.90 Å².